The molecule has 1 aromatic rings. The molecule has 0 aromatic heterocycles. The molecule has 26 heavy (non-hydrogen) atoms. The van der Waals surface area contributed by atoms with E-state index in [0.29, 0.717) is 24.6 Å². The first-order valence-electron chi connectivity index (χ1n) is 8.76. The Morgan fingerprint density at radius 1 is 1.35 bits per heavy atom. The summed E-state index contributed by atoms with van der Waals surface area (Å²) in [5, 5.41) is 3.28. The number of sulfone groups is 1. The summed E-state index contributed by atoms with van der Waals surface area (Å²) >= 11 is 0. The Labute approximate surface area is 155 Å². The van der Waals surface area contributed by atoms with Crippen LogP contribution in [0.5, 0.6) is 0 Å². The van der Waals surface area contributed by atoms with Gasteiger partial charge in [-0.25, -0.2) is 8.42 Å². The lowest BCUT2D eigenvalue weighted by Crippen LogP contribution is -2.48. The zero-order chi connectivity index (χ0) is 19.2. The number of carbonyl (C=O) groups excluding carboxylic acids is 1. The maximum atomic E-state index is 12.0. The van der Waals surface area contributed by atoms with Crippen molar-refractivity contribution in [2.24, 2.45) is 10.9 Å². The van der Waals surface area contributed by atoms with Crippen molar-refractivity contribution in [3.63, 3.8) is 0 Å². The van der Waals surface area contributed by atoms with E-state index >= 15 is 0 Å². The highest BCUT2D eigenvalue weighted by molar-refractivity contribution is 7.90. The van der Waals surface area contributed by atoms with Crippen molar-refractivity contribution < 1.29 is 17.9 Å². The van der Waals surface area contributed by atoms with Crippen LogP contribution in [-0.4, -0.2) is 58.2 Å². The van der Waals surface area contributed by atoms with Crippen molar-refractivity contribution in [3.8, 4) is 0 Å². The summed E-state index contributed by atoms with van der Waals surface area (Å²) in [7, 11) is -1.48. The van der Waals surface area contributed by atoms with E-state index in [-0.39, 0.29) is 11.9 Å². The fourth-order valence-corrected chi connectivity index (χ4v) is 3.62. The number of hydrogen-bond donors (Lipinski definition) is 1. The molecule has 0 amide bonds. The Hall–Kier alpha value is -2.09. The molecule has 1 fully saturated rings. The Kier molecular flexibility index (Phi) is 7.02. The third-order valence-corrected chi connectivity index (χ3v) is 5.48. The van der Waals surface area contributed by atoms with Gasteiger partial charge in [-0.1, -0.05) is 12.1 Å². The SMILES string of the molecule is CCOC(=O)C1CCCN(C(=NC)NCc2ccc(S(C)(=O)=O)cc2)C1. The minimum absolute atomic E-state index is 0.128. The average molecular weight is 381 g/mol. The lowest BCUT2D eigenvalue weighted by molar-refractivity contribution is -0.149. The minimum Gasteiger partial charge on any atom is -0.466 e. The minimum atomic E-state index is -3.19. The van der Waals surface area contributed by atoms with Gasteiger partial charge in [0.1, 0.15) is 0 Å². The summed E-state index contributed by atoms with van der Waals surface area (Å²) in [5.74, 6) is 0.450. The molecule has 1 atom stereocenters. The summed E-state index contributed by atoms with van der Waals surface area (Å²) in [6.07, 6.45) is 2.94. The third-order valence-electron chi connectivity index (χ3n) is 4.35. The molecular formula is C18H27N3O4S. The number of rotatable bonds is 5. The van der Waals surface area contributed by atoms with Gasteiger partial charge in [0.2, 0.25) is 0 Å². The van der Waals surface area contributed by atoms with Gasteiger partial charge in [0.25, 0.3) is 0 Å². The van der Waals surface area contributed by atoms with Crippen LogP contribution in [0.3, 0.4) is 0 Å². The smallest absolute Gasteiger partial charge is 0.310 e. The Morgan fingerprint density at radius 3 is 2.62 bits per heavy atom. The zero-order valence-corrected chi connectivity index (χ0v) is 16.4. The van der Waals surface area contributed by atoms with Gasteiger partial charge in [-0.3, -0.25) is 9.79 Å². The number of hydrogen-bond acceptors (Lipinski definition) is 5. The zero-order valence-electron chi connectivity index (χ0n) is 15.6. The lowest BCUT2D eigenvalue weighted by Gasteiger charge is -2.34. The van der Waals surface area contributed by atoms with Crippen LogP contribution in [0.15, 0.2) is 34.2 Å². The summed E-state index contributed by atoms with van der Waals surface area (Å²) in [6, 6.07) is 6.78. The van der Waals surface area contributed by atoms with Crippen molar-refractivity contribution in [1.29, 1.82) is 0 Å². The van der Waals surface area contributed by atoms with E-state index in [9.17, 15) is 13.2 Å². The van der Waals surface area contributed by atoms with E-state index < -0.39 is 9.84 Å². The molecule has 1 unspecified atom stereocenters. The number of likely N-dealkylation sites (tertiary alicyclic amines) is 1. The predicted octanol–water partition coefficient (Wildman–Crippen LogP) is 1.44. The fourth-order valence-electron chi connectivity index (χ4n) is 2.99. The second kappa shape index (κ2) is 9.02. The number of nitrogens with zero attached hydrogens (tertiary/aromatic N) is 2. The molecule has 0 saturated carbocycles. The second-order valence-corrected chi connectivity index (χ2v) is 8.37. The van der Waals surface area contributed by atoms with Crippen LogP contribution >= 0.6 is 0 Å². The van der Waals surface area contributed by atoms with Crippen LogP contribution in [0.2, 0.25) is 0 Å². The van der Waals surface area contributed by atoms with Crippen molar-refractivity contribution in [3.05, 3.63) is 29.8 Å². The van der Waals surface area contributed by atoms with E-state index in [1.165, 1.54) is 6.26 Å². The summed E-state index contributed by atoms with van der Waals surface area (Å²) < 4.78 is 28.2. The largest absolute Gasteiger partial charge is 0.466 e. The first kappa shape index (κ1) is 20.2. The van der Waals surface area contributed by atoms with E-state index in [1.54, 1.807) is 31.3 Å². The molecule has 0 radical (unpaired) electrons. The van der Waals surface area contributed by atoms with Gasteiger partial charge in [-0.15, -0.1) is 0 Å². The second-order valence-electron chi connectivity index (χ2n) is 6.35. The van der Waals surface area contributed by atoms with Gasteiger partial charge in [0.05, 0.1) is 17.4 Å². The highest BCUT2D eigenvalue weighted by Gasteiger charge is 2.28. The third kappa shape index (κ3) is 5.45. The van der Waals surface area contributed by atoms with Crippen LogP contribution in [0, 0.1) is 5.92 Å². The van der Waals surface area contributed by atoms with Crippen LogP contribution in [0.25, 0.3) is 0 Å². The normalized spacial score (nSPS) is 18.5. The van der Waals surface area contributed by atoms with Gasteiger partial charge < -0.3 is 15.0 Å². The van der Waals surface area contributed by atoms with E-state index in [1.807, 2.05) is 6.92 Å². The first-order valence-corrected chi connectivity index (χ1v) is 10.7. The van der Waals surface area contributed by atoms with Crippen LogP contribution in [0.4, 0.5) is 0 Å². The first-order chi connectivity index (χ1) is 12.3. The van der Waals surface area contributed by atoms with E-state index in [2.05, 4.69) is 15.2 Å². The Bertz CT molecular complexity index is 744. The molecule has 0 bridgehead atoms. The molecule has 1 aliphatic heterocycles. The number of nitrogens with one attached hydrogen (secondary N) is 1. The summed E-state index contributed by atoms with van der Waals surface area (Å²) in [4.78, 5) is 18.7. The summed E-state index contributed by atoms with van der Waals surface area (Å²) in [6.45, 7) is 4.16. The quantitative estimate of drug-likeness (QED) is 0.472. The van der Waals surface area contributed by atoms with Gasteiger partial charge in [-0.2, -0.15) is 0 Å². The molecule has 1 aliphatic rings. The number of benzene rings is 1. The molecule has 1 aromatic carbocycles. The summed E-state index contributed by atoms with van der Waals surface area (Å²) in [5.41, 5.74) is 0.956. The monoisotopic (exact) mass is 381 g/mol. The molecule has 0 spiro atoms. The molecule has 144 valence electrons. The average Bonchev–Trinajstić information content (AvgIpc) is 2.62. The highest BCUT2D eigenvalue weighted by Crippen LogP contribution is 2.18. The van der Waals surface area contributed by atoms with Gasteiger partial charge in [-0.05, 0) is 37.5 Å². The molecule has 1 saturated heterocycles. The predicted molar refractivity (Wildman–Crippen MR) is 101 cm³/mol. The lowest BCUT2D eigenvalue weighted by atomic mass is 9.98. The van der Waals surface area contributed by atoms with E-state index in [4.69, 9.17) is 4.74 Å². The maximum Gasteiger partial charge on any atom is 0.310 e. The standard InChI is InChI=1S/C18H27N3O4S/c1-4-25-17(22)15-6-5-11-21(13-15)18(19-2)20-12-14-7-9-16(10-8-14)26(3,23)24/h7-10,15H,4-6,11-13H2,1-3H3,(H,19,20). The van der Waals surface area contributed by atoms with Crippen LogP contribution in [-0.2, 0) is 25.9 Å². The molecular weight excluding hydrogens is 354 g/mol. The fraction of sp³-hybridized carbons (Fsp3) is 0.556. The molecule has 1 N–H and O–H groups in total. The van der Waals surface area contributed by atoms with Gasteiger partial charge in [0, 0.05) is 32.9 Å². The van der Waals surface area contributed by atoms with Crippen LogP contribution in [0.1, 0.15) is 25.3 Å². The Balaban J connectivity index is 1.96. The number of ether oxygens (including phenoxy) is 1. The maximum absolute atomic E-state index is 12.0. The number of guanidine groups is 1. The van der Waals surface area contributed by atoms with Gasteiger partial charge in [0.15, 0.2) is 15.8 Å². The molecule has 2 rings (SSSR count). The molecule has 0 aliphatic carbocycles. The molecule has 1 heterocycles. The van der Waals surface area contributed by atoms with Crippen molar-refractivity contribution in [2.45, 2.75) is 31.2 Å². The van der Waals surface area contributed by atoms with E-state index in [0.717, 1.165) is 30.9 Å². The van der Waals surface area contributed by atoms with Crippen molar-refractivity contribution in [1.82, 2.24) is 10.2 Å². The van der Waals surface area contributed by atoms with Crippen LogP contribution < -0.4 is 5.32 Å². The molecule has 8 heteroatoms. The molecule has 7 nitrogen and oxygen atoms in total. The number of piperidine rings is 1. The number of esters is 1. The number of carbonyl (C=O) groups is 1. The topological polar surface area (TPSA) is 88.1 Å². The highest BCUT2D eigenvalue weighted by atomic mass is 32.2. The van der Waals surface area contributed by atoms with Crippen molar-refractivity contribution >= 4 is 21.8 Å². The number of aliphatic imine (C=N–C) groups is 1. The van der Waals surface area contributed by atoms with Gasteiger partial charge >= 0.3 is 5.97 Å². The Morgan fingerprint density at radius 2 is 2.04 bits per heavy atom. The van der Waals surface area contributed by atoms with Crippen molar-refractivity contribution in [2.75, 3.05) is 33.0 Å².